The average molecular weight is 391 g/mol. The van der Waals surface area contributed by atoms with Crippen LogP contribution in [0, 0.1) is 0 Å². The lowest BCUT2D eigenvalue weighted by molar-refractivity contribution is -0.117. The molecule has 0 aliphatic carbocycles. The maximum Gasteiger partial charge on any atom is 0.240 e. The largest absolute Gasteiger partial charge is 0.326 e. The van der Waals surface area contributed by atoms with E-state index >= 15 is 0 Å². The van der Waals surface area contributed by atoms with E-state index in [-0.39, 0.29) is 5.91 Å². The summed E-state index contributed by atoms with van der Waals surface area (Å²) in [5.74, 6) is 1.34. The molecule has 1 saturated heterocycles. The first-order chi connectivity index (χ1) is 14.2. The Morgan fingerprint density at radius 3 is 3.07 bits per heavy atom. The zero-order valence-corrected chi connectivity index (χ0v) is 16.6. The van der Waals surface area contributed by atoms with E-state index in [9.17, 15) is 4.79 Å². The van der Waals surface area contributed by atoms with E-state index in [4.69, 9.17) is 0 Å². The van der Waals surface area contributed by atoms with Gasteiger partial charge in [-0.25, -0.2) is 15.0 Å². The van der Waals surface area contributed by atoms with Crippen molar-refractivity contribution in [2.45, 2.75) is 38.9 Å². The van der Waals surface area contributed by atoms with Gasteiger partial charge >= 0.3 is 0 Å². The monoisotopic (exact) mass is 391 g/mol. The molecule has 29 heavy (non-hydrogen) atoms. The maximum atomic E-state index is 12.4. The van der Waals surface area contributed by atoms with Crippen molar-refractivity contribution in [1.29, 1.82) is 0 Å². The highest BCUT2D eigenvalue weighted by Crippen LogP contribution is 2.26. The fraction of sp³-hybridized carbons (Fsp3) is 0.429. The number of carbonyl (C=O) groups is 1. The van der Waals surface area contributed by atoms with Crippen LogP contribution in [-0.4, -0.2) is 56.0 Å². The highest BCUT2D eigenvalue weighted by Gasteiger charge is 2.22. The topological polar surface area (TPSA) is 88.0 Å². The molecule has 8 heteroatoms. The lowest BCUT2D eigenvalue weighted by Gasteiger charge is -2.19. The number of anilines is 1. The lowest BCUT2D eigenvalue weighted by Crippen LogP contribution is -2.35. The number of hydrogen-bond acceptors (Lipinski definition) is 6. The van der Waals surface area contributed by atoms with Crippen molar-refractivity contribution in [3.63, 3.8) is 0 Å². The van der Waals surface area contributed by atoms with Gasteiger partial charge < -0.3 is 9.88 Å². The van der Waals surface area contributed by atoms with Gasteiger partial charge in [0, 0.05) is 36.3 Å². The third-order valence-corrected chi connectivity index (χ3v) is 5.90. The molecule has 5 rings (SSSR count). The first kappa shape index (κ1) is 18.2. The van der Waals surface area contributed by atoms with E-state index in [0.29, 0.717) is 18.5 Å². The van der Waals surface area contributed by atoms with Crippen molar-refractivity contribution in [1.82, 2.24) is 29.7 Å². The molecule has 1 atom stereocenters. The van der Waals surface area contributed by atoms with Gasteiger partial charge in [0.2, 0.25) is 11.9 Å². The van der Waals surface area contributed by atoms with Crippen LogP contribution >= 0.6 is 0 Å². The number of rotatable bonds is 4. The number of fused-ring (bicyclic) bond motifs is 2. The Morgan fingerprint density at radius 2 is 2.21 bits per heavy atom. The van der Waals surface area contributed by atoms with Crippen molar-refractivity contribution >= 4 is 22.8 Å². The summed E-state index contributed by atoms with van der Waals surface area (Å²) < 4.78 is 2.25. The highest BCUT2D eigenvalue weighted by molar-refractivity contribution is 5.92. The molecule has 4 heterocycles. The highest BCUT2D eigenvalue weighted by atomic mass is 16.2. The van der Waals surface area contributed by atoms with E-state index in [2.05, 4.69) is 48.0 Å². The van der Waals surface area contributed by atoms with Gasteiger partial charge in [-0.2, -0.15) is 0 Å². The minimum Gasteiger partial charge on any atom is -0.326 e. The fourth-order valence-corrected chi connectivity index (χ4v) is 4.25. The number of amides is 1. The molecule has 0 bridgehead atoms. The molecule has 8 nitrogen and oxygen atoms in total. The smallest absolute Gasteiger partial charge is 0.240 e. The third kappa shape index (κ3) is 3.61. The van der Waals surface area contributed by atoms with Gasteiger partial charge in [0.1, 0.15) is 5.82 Å². The van der Waals surface area contributed by atoms with E-state index in [0.717, 1.165) is 67.0 Å². The summed E-state index contributed by atoms with van der Waals surface area (Å²) in [6, 6.07) is 6.59. The van der Waals surface area contributed by atoms with E-state index in [1.165, 1.54) is 0 Å². The zero-order chi connectivity index (χ0) is 19.8. The minimum atomic E-state index is -0.0633. The quantitative estimate of drug-likeness (QED) is 0.708. The number of nitrogens with zero attached hydrogens (tertiary/aromatic N) is 5. The van der Waals surface area contributed by atoms with Gasteiger partial charge in [-0.1, -0.05) is 12.1 Å². The van der Waals surface area contributed by atoms with Crippen LogP contribution < -0.4 is 10.6 Å². The second-order valence-electron chi connectivity index (χ2n) is 7.87. The van der Waals surface area contributed by atoms with Crippen LogP contribution in [0.1, 0.15) is 25.6 Å². The summed E-state index contributed by atoms with van der Waals surface area (Å²) in [5, 5.41) is 7.14. The van der Waals surface area contributed by atoms with Crippen LogP contribution in [-0.2, 0) is 17.9 Å². The third-order valence-electron chi connectivity index (χ3n) is 5.90. The van der Waals surface area contributed by atoms with Gasteiger partial charge in [-0.15, -0.1) is 0 Å². The predicted molar refractivity (Wildman–Crippen MR) is 111 cm³/mol. The number of nitrogens with one attached hydrogen (secondary N) is 2. The van der Waals surface area contributed by atoms with Crippen LogP contribution in [0.15, 0.2) is 30.6 Å². The summed E-state index contributed by atoms with van der Waals surface area (Å²) >= 11 is 0. The number of hydrogen-bond donors (Lipinski definition) is 2. The lowest BCUT2D eigenvalue weighted by atomic mass is 10.1. The van der Waals surface area contributed by atoms with Crippen molar-refractivity contribution < 1.29 is 4.79 Å². The molecule has 2 aromatic heterocycles. The molecule has 0 saturated carbocycles. The van der Waals surface area contributed by atoms with Gasteiger partial charge in [0.15, 0.2) is 0 Å². The molecule has 3 aromatic rings. The van der Waals surface area contributed by atoms with Gasteiger partial charge in [-0.05, 0) is 32.4 Å². The van der Waals surface area contributed by atoms with E-state index in [1.54, 1.807) is 6.20 Å². The van der Waals surface area contributed by atoms with Crippen molar-refractivity contribution in [3.8, 4) is 11.3 Å². The van der Waals surface area contributed by atoms with Crippen LogP contribution in [0.4, 0.5) is 5.95 Å². The summed E-state index contributed by atoms with van der Waals surface area (Å²) in [4.78, 5) is 28.0. The number of imidazole rings is 1. The molecule has 1 fully saturated rings. The fourth-order valence-electron chi connectivity index (χ4n) is 4.25. The molecule has 1 amide bonds. The van der Waals surface area contributed by atoms with Crippen LogP contribution in [0.25, 0.3) is 22.2 Å². The molecular formula is C21H25N7O. The number of likely N-dealkylation sites (tertiary alicyclic amines) is 1. The average Bonchev–Trinajstić information content (AvgIpc) is 3.34. The molecular weight excluding hydrogens is 366 g/mol. The van der Waals surface area contributed by atoms with Crippen LogP contribution in [0.5, 0.6) is 0 Å². The number of carbonyl (C=O) groups excluding carboxylic acids is 1. The zero-order valence-electron chi connectivity index (χ0n) is 16.6. The van der Waals surface area contributed by atoms with Gasteiger partial charge in [-0.3, -0.25) is 15.0 Å². The Balaban J connectivity index is 1.38. The Bertz CT molecular complexity index is 1060. The molecule has 2 N–H and O–H groups in total. The molecule has 2 aliphatic rings. The SMILES string of the molecule is CC1CCCN1CC(=O)Nc1ncc2ccc(-c3cnc4n3CCNC4)cc2n1. The summed E-state index contributed by atoms with van der Waals surface area (Å²) in [7, 11) is 0. The summed E-state index contributed by atoms with van der Waals surface area (Å²) in [5.41, 5.74) is 2.97. The first-order valence-electron chi connectivity index (χ1n) is 10.2. The Labute approximate surface area is 169 Å². The van der Waals surface area contributed by atoms with Crippen LogP contribution in [0.2, 0.25) is 0 Å². The van der Waals surface area contributed by atoms with E-state index < -0.39 is 0 Å². The second-order valence-corrected chi connectivity index (χ2v) is 7.87. The summed E-state index contributed by atoms with van der Waals surface area (Å²) in [6.07, 6.45) is 5.98. The maximum absolute atomic E-state index is 12.4. The molecule has 150 valence electrons. The molecule has 0 spiro atoms. The van der Waals surface area contributed by atoms with Crippen molar-refractivity contribution in [2.75, 3.05) is 25.0 Å². The van der Waals surface area contributed by atoms with Crippen molar-refractivity contribution in [2.24, 2.45) is 0 Å². The number of benzene rings is 1. The Hall–Kier alpha value is -2.84. The van der Waals surface area contributed by atoms with Crippen LogP contribution in [0.3, 0.4) is 0 Å². The van der Waals surface area contributed by atoms with Gasteiger partial charge in [0.05, 0.1) is 30.5 Å². The molecule has 0 radical (unpaired) electrons. The Kier molecular flexibility index (Phi) is 4.73. The van der Waals surface area contributed by atoms with Crippen molar-refractivity contribution in [3.05, 3.63) is 36.4 Å². The minimum absolute atomic E-state index is 0.0633. The standard InChI is InChI=1S/C21H25N7O/c1-14-3-2-7-27(14)13-20(29)26-21-24-10-16-5-4-15(9-17(16)25-21)18-11-23-19-12-22-6-8-28(18)19/h4-5,9-11,14,22H,2-3,6-8,12-13H2,1H3,(H,24,25,26,29). The van der Waals surface area contributed by atoms with Gasteiger partial charge in [0.25, 0.3) is 0 Å². The predicted octanol–water partition coefficient (Wildman–Crippen LogP) is 2.02. The normalized spacial score (nSPS) is 19.4. The molecule has 1 aromatic carbocycles. The number of aromatic nitrogens is 4. The van der Waals surface area contributed by atoms with E-state index in [1.807, 2.05) is 18.3 Å². The first-order valence-corrected chi connectivity index (χ1v) is 10.2. The molecule has 2 aliphatic heterocycles. The second kappa shape index (κ2) is 7.53. The molecule has 1 unspecified atom stereocenters. The Morgan fingerprint density at radius 1 is 1.28 bits per heavy atom. The summed E-state index contributed by atoms with van der Waals surface area (Å²) in [6.45, 7) is 6.17.